The van der Waals surface area contributed by atoms with Crippen molar-refractivity contribution in [2.45, 2.75) is 31.3 Å². The molecule has 0 bridgehead atoms. The third kappa shape index (κ3) is 3.71. The third-order valence-electron chi connectivity index (χ3n) is 2.86. The molecule has 0 aliphatic heterocycles. The highest BCUT2D eigenvalue weighted by Gasteiger charge is 2.19. The summed E-state index contributed by atoms with van der Waals surface area (Å²) in [6, 6.07) is 6.95. The van der Waals surface area contributed by atoms with Crippen LogP contribution in [0.1, 0.15) is 20.8 Å². The van der Waals surface area contributed by atoms with Crippen LogP contribution in [0.25, 0.3) is 0 Å². The van der Waals surface area contributed by atoms with Gasteiger partial charge >= 0.3 is 0 Å². The topological polar surface area (TPSA) is 55.4 Å². The Morgan fingerprint density at radius 2 is 1.89 bits per heavy atom. The van der Waals surface area contributed by atoms with E-state index in [4.69, 9.17) is 4.74 Å². The second-order valence-corrected chi connectivity index (χ2v) is 6.96. The Morgan fingerprint density at radius 3 is 2.44 bits per heavy atom. The first-order valence-corrected chi connectivity index (χ1v) is 7.58. The number of para-hydroxylation sites is 1. The SMILES string of the molecule is CCS(=O)(=O)c1ccccc1NCC(C)(C)OC. The van der Waals surface area contributed by atoms with Gasteiger partial charge in [0.1, 0.15) is 0 Å². The summed E-state index contributed by atoms with van der Waals surface area (Å²) in [5.41, 5.74) is 0.285. The van der Waals surface area contributed by atoms with Gasteiger partial charge < -0.3 is 10.1 Å². The van der Waals surface area contributed by atoms with Crippen molar-refractivity contribution in [3.8, 4) is 0 Å². The quantitative estimate of drug-likeness (QED) is 0.862. The molecule has 4 nitrogen and oxygen atoms in total. The smallest absolute Gasteiger partial charge is 0.180 e. The second kappa shape index (κ2) is 5.71. The molecule has 0 aliphatic rings. The molecule has 0 unspecified atom stereocenters. The van der Waals surface area contributed by atoms with E-state index in [1.807, 2.05) is 19.9 Å². The number of ether oxygens (including phenoxy) is 1. The predicted octanol–water partition coefficient (Wildman–Crippen LogP) is 2.32. The number of hydrogen-bond donors (Lipinski definition) is 1. The van der Waals surface area contributed by atoms with E-state index in [0.29, 0.717) is 17.1 Å². The van der Waals surface area contributed by atoms with E-state index in [-0.39, 0.29) is 11.4 Å². The van der Waals surface area contributed by atoms with Crippen LogP contribution in [0.4, 0.5) is 5.69 Å². The van der Waals surface area contributed by atoms with Gasteiger partial charge in [0.2, 0.25) is 0 Å². The number of sulfone groups is 1. The minimum Gasteiger partial charge on any atom is -0.381 e. The van der Waals surface area contributed by atoms with E-state index in [2.05, 4.69) is 5.32 Å². The molecule has 0 spiro atoms. The Kier molecular flexibility index (Phi) is 4.76. The molecule has 0 heterocycles. The number of benzene rings is 1. The Balaban J connectivity index is 2.98. The van der Waals surface area contributed by atoms with Crippen LogP contribution < -0.4 is 5.32 Å². The largest absolute Gasteiger partial charge is 0.381 e. The molecule has 1 aromatic carbocycles. The summed E-state index contributed by atoms with van der Waals surface area (Å²) >= 11 is 0. The highest BCUT2D eigenvalue weighted by molar-refractivity contribution is 7.91. The van der Waals surface area contributed by atoms with Crippen LogP contribution in [0.5, 0.6) is 0 Å². The van der Waals surface area contributed by atoms with Gasteiger partial charge in [-0.15, -0.1) is 0 Å². The van der Waals surface area contributed by atoms with E-state index in [1.54, 1.807) is 32.2 Å². The highest BCUT2D eigenvalue weighted by atomic mass is 32.2. The Morgan fingerprint density at radius 1 is 1.28 bits per heavy atom. The van der Waals surface area contributed by atoms with Crippen LogP contribution in [0.2, 0.25) is 0 Å². The molecule has 0 atom stereocenters. The minimum absolute atomic E-state index is 0.0966. The molecule has 0 fully saturated rings. The van der Waals surface area contributed by atoms with E-state index in [0.717, 1.165) is 0 Å². The Bertz CT molecular complexity index is 495. The van der Waals surface area contributed by atoms with Gasteiger partial charge in [-0.3, -0.25) is 0 Å². The van der Waals surface area contributed by atoms with E-state index < -0.39 is 9.84 Å². The van der Waals surface area contributed by atoms with E-state index in [9.17, 15) is 8.42 Å². The van der Waals surface area contributed by atoms with Crippen molar-refractivity contribution in [2.75, 3.05) is 24.7 Å². The summed E-state index contributed by atoms with van der Waals surface area (Å²) in [7, 11) is -1.57. The lowest BCUT2D eigenvalue weighted by Crippen LogP contribution is -2.32. The summed E-state index contributed by atoms with van der Waals surface area (Å²) in [6.07, 6.45) is 0. The molecule has 18 heavy (non-hydrogen) atoms. The van der Waals surface area contributed by atoms with Gasteiger partial charge in [0, 0.05) is 13.7 Å². The Labute approximate surface area is 109 Å². The number of methoxy groups -OCH3 is 1. The monoisotopic (exact) mass is 271 g/mol. The summed E-state index contributed by atoms with van der Waals surface area (Å²) < 4.78 is 29.2. The lowest BCUT2D eigenvalue weighted by molar-refractivity contribution is 0.0343. The molecular formula is C13H21NO3S. The molecule has 1 N–H and O–H groups in total. The van der Waals surface area contributed by atoms with Crippen molar-refractivity contribution in [1.29, 1.82) is 0 Å². The first kappa shape index (κ1) is 15.0. The molecule has 1 aromatic rings. The van der Waals surface area contributed by atoms with Crippen LogP contribution in [-0.4, -0.2) is 33.4 Å². The van der Waals surface area contributed by atoms with Gasteiger partial charge in [0.15, 0.2) is 9.84 Å². The number of rotatable bonds is 6. The summed E-state index contributed by atoms with van der Waals surface area (Å²) in [6.45, 7) is 6.07. The second-order valence-electron chi connectivity index (χ2n) is 4.72. The molecule has 0 saturated heterocycles. The number of nitrogens with one attached hydrogen (secondary N) is 1. The van der Waals surface area contributed by atoms with Crippen molar-refractivity contribution in [1.82, 2.24) is 0 Å². The predicted molar refractivity (Wildman–Crippen MR) is 73.7 cm³/mol. The molecule has 102 valence electrons. The molecule has 0 amide bonds. The summed E-state index contributed by atoms with van der Waals surface area (Å²) in [4.78, 5) is 0.347. The number of anilines is 1. The molecule has 0 aliphatic carbocycles. The first-order valence-electron chi connectivity index (χ1n) is 5.93. The molecular weight excluding hydrogens is 250 g/mol. The average Bonchev–Trinajstić information content (AvgIpc) is 2.37. The standard InChI is InChI=1S/C13H21NO3S/c1-5-18(15,16)12-9-7-6-8-11(12)14-10-13(2,3)17-4/h6-9,14H,5,10H2,1-4H3. The lowest BCUT2D eigenvalue weighted by atomic mass is 10.1. The van der Waals surface area contributed by atoms with Gasteiger partial charge in [-0.1, -0.05) is 19.1 Å². The molecule has 5 heteroatoms. The van der Waals surface area contributed by atoms with Crippen molar-refractivity contribution >= 4 is 15.5 Å². The molecule has 0 radical (unpaired) electrons. The van der Waals surface area contributed by atoms with Gasteiger partial charge in [-0.25, -0.2) is 8.42 Å². The van der Waals surface area contributed by atoms with E-state index >= 15 is 0 Å². The fraction of sp³-hybridized carbons (Fsp3) is 0.538. The van der Waals surface area contributed by atoms with Crippen molar-refractivity contribution in [3.63, 3.8) is 0 Å². The summed E-state index contributed by atoms with van der Waals surface area (Å²) in [5, 5.41) is 3.14. The fourth-order valence-electron chi connectivity index (χ4n) is 1.42. The third-order valence-corrected chi connectivity index (χ3v) is 4.65. The first-order chi connectivity index (χ1) is 8.32. The molecule has 1 rings (SSSR count). The summed E-state index contributed by atoms with van der Waals surface area (Å²) in [5.74, 6) is 0.0966. The van der Waals surface area contributed by atoms with Gasteiger partial charge in [-0.05, 0) is 26.0 Å². The normalized spacial score (nSPS) is 12.4. The maximum Gasteiger partial charge on any atom is 0.180 e. The van der Waals surface area contributed by atoms with Crippen LogP contribution >= 0.6 is 0 Å². The lowest BCUT2D eigenvalue weighted by Gasteiger charge is -2.24. The van der Waals surface area contributed by atoms with Crippen molar-refractivity contribution in [2.24, 2.45) is 0 Å². The van der Waals surface area contributed by atoms with Gasteiger partial charge in [-0.2, -0.15) is 0 Å². The molecule has 0 saturated carbocycles. The van der Waals surface area contributed by atoms with Crippen LogP contribution in [-0.2, 0) is 14.6 Å². The zero-order valence-electron chi connectivity index (χ0n) is 11.4. The van der Waals surface area contributed by atoms with Gasteiger partial charge in [0.05, 0.1) is 21.9 Å². The zero-order chi connectivity index (χ0) is 13.8. The number of hydrogen-bond acceptors (Lipinski definition) is 4. The fourth-order valence-corrected chi connectivity index (χ4v) is 2.49. The molecule has 0 aromatic heterocycles. The van der Waals surface area contributed by atoms with Crippen LogP contribution in [0, 0.1) is 0 Å². The minimum atomic E-state index is -3.21. The maximum atomic E-state index is 11.9. The van der Waals surface area contributed by atoms with E-state index in [1.165, 1.54) is 0 Å². The average molecular weight is 271 g/mol. The maximum absolute atomic E-state index is 11.9. The van der Waals surface area contributed by atoms with Crippen LogP contribution in [0.15, 0.2) is 29.2 Å². The van der Waals surface area contributed by atoms with Crippen molar-refractivity contribution < 1.29 is 13.2 Å². The van der Waals surface area contributed by atoms with Gasteiger partial charge in [0.25, 0.3) is 0 Å². The zero-order valence-corrected chi connectivity index (χ0v) is 12.2. The highest BCUT2D eigenvalue weighted by Crippen LogP contribution is 2.22. The Hall–Kier alpha value is -1.07. The van der Waals surface area contributed by atoms with Crippen LogP contribution in [0.3, 0.4) is 0 Å². The van der Waals surface area contributed by atoms with Crippen molar-refractivity contribution in [3.05, 3.63) is 24.3 Å².